The maximum Gasteiger partial charge on any atom is 0.311 e. The van der Waals surface area contributed by atoms with Crippen molar-refractivity contribution in [3.05, 3.63) is 84.2 Å². The fourth-order valence-corrected chi connectivity index (χ4v) is 2.43. The Balaban J connectivity index is 2.05. The van der Waals surface area contributed by atoms with Crippen molar-refractivity contribution in [2.45, 2.75) is 12.5 Å². The van der Waals surface area contributed by atoms with Crippen molar-refractivity contribution in [2.75, 3.05) is 6.61 Å². The first-order valence-corrected chi connectivity index (χ1v) is 7.34. The molecule has 4 heteroatoms. The van der Waals surface area contributed by atoms with E-state index in [1.165, 1.54) is 24.3 Å². The number of carboxylic acid groups (broad SMARTS) is 1. The zero-order chi connectivity index (χ0) is 16.7. The van der Waals surface area contributed by atoms with Crippen molar-refractivity contribution in [1.82, 2.24) is 0 Å². The normalized spacial score (nSPS) is 13.3. The van der Waals surface area contributed by atoms with Crippen LogP contribution >= 0.6 is 0 Å². The molecule has 2 aromatic carbocycles. The van der Waals surface area contributed by atoms with Crippen LogP contribution in [0.15, 0.2) is 67.3 Å². The Labute approximate surface area is 135 Å². The number of benzene rings is 2. The summed E-state index contributed by atoms with van der Waals surface area (Å²) >= 11 is 0. The number of rotatable bonds is 8. The van der Waals surface area contributed by atoms with E-state index in [-0.39, 0.29) is 6.61 Å². The molecule has 1 N–H and O–H groups in total. The van der Waals surface area contributed by atoms with Crippen molar-refractivity contribution >= 4 is 5.97 Å². The van der Waals surface area contributed by atoms with E-state index >= 15 is 0 Å². The van der Waals surface area contributed by atoms with Gasteiger partial charge in [-0.25, -0.2) is 4.39 Å². The van der Waals surface area contributed by atoms with E-state index in [0.717, 1.165) is 5.56 Å². The third-order valence-corrected chi connectivity index (χ3v) is 3.65. The molecule has 0 heterocycles. The van der Waals surface area contributed by atoms with Crippen LogP contribution in [-0.4, -0.2) is 17.7 Å². The minimum atomic E-state index is -0.982. The molecule has 0 saturated heterocycles. The van der Waals surface area contributed by atoms with Gasteiger partial charge in [0.2, 0.25) is 0 Å². The molecule has 120 valence electrons. The van der Waals surface area contributed by atoms with Crippen LogP contribution in [0.5, 0.6) is 0 Å². The molecule has 0 bridgehead atoms. The molecule has 0 radical (unpaired) electrons. The van der Waals surface area contributed by atoms with E-state index in [1.54, 1.807) is 6.08 Å². The lowest BCUT2D eigenvalue weighted by molar-refractivity contribution is -0.140. The van der Waals surface area contributed by atoms with Crippen molar-refractivity contribution in [1.29, 1.82) is 0 Å². The molecule has 0 aliphatic carbocycles. The van der Waals surface area contributed by atoms with Crippen molar-refractivity contribution < 1.29 is 19.0 Å². The van der Waals surface area contributed by atoms with Crippen LogP contribution in [0.3, 0.4) is 0 Å². The van der Waals surface area contributed by atoms with Gasteiger partial charge in [-0.15, -0.1) is 6.58 Å². The standard InChI is InChI=1S/C19H19FO3/c1-2-15(13-23-12-14-6-4-3-5-7-14)18(19(21)22)16-8-10-17(20)11-9-16/h2-11,15,18H,1,12-13H2,(H,21,22)/t15-,18-/m0/s1. The molecule has 0 aliphatic heterocycles. The Morgan fingerprint density at radius 3 is 2.39 bits per heavy atom. The van der Waals surface area contributed by atoms with E-state index < -0.39 is 23.6 Å². The summed E-state index contributed by atoms with van der Waals surface area (Å²) in [5.74, 6) is -2.59. The molecule has 3 nitrogen and oxygen atoms in total. The minimum Gasteiger partial charge on any atom is -0.481 e. The Kier molecular flexibility index (Phi) is 6.06. The number of ether oxygens (including phenoxy) is 1. The third-order valence-electron chi connectivity index (χ3n) is 3.65. The van der Waals surface area contributed by atoms with Crippen LogP contribution in [0.25, 0.3) is 0 Å². The Hall–Kier alpha value is -2.46. The number of hydrogen-bond donors (Lipinski definition) is 1. The summed E-state index contributed by atoms with van der Waals surface area (Å²) in [6.45, 7) is 4.35. The van der Waals surface area contributed by atoms with E-state index in [2.05, 4.69) is 6.58 Å². The van der Waals surface area contributed by atoms with E-state index in [9.17, 15) is 14.3 Å². The summed E-state index contributed by atoms with van der Waals surface area (Å²) in [5.41, 5.74) is 1.55. The summed E-state index contributed by atoms with van der Waals surface area (Å²) in [7, 11) is 0. The molecule has 0 unspecified atom stereocenters. The first-order chi connectivity index (χ1) is 11.1. The van der Waals surface area contributed by atoms with E-state index in [0.29, 0.717) is 12.2 Å². The molecule has 23 heavy (non-hydrogen) atoms. The lowest BCUT2D eigenvalue weighted by Crippen LogP contribution is -2.24. The van der Waals surface area contributed by atoms with Gasteiger partial charge in [0.1, 0.15) is 5.82 Å². The largest absolute Gasteiger partial charge is 0.481 e. The van der Waals surface area contributed by atoms with Gasteiger partial charge in [-0.3, -0.25) is 4.79 Å². The molecular weight excluding hydrogens is 295 g/mol. The molecule has 0 amide bonds. The lowest BCUT2D eigenvalue weighted by atomic mass is 9.86. The molecule has 2 atom stereocenters. The smallest absolute Gasteiger partial charge is 0.311 e. The fraction of sp³-hybridized carbons (Fsp3) is 0.211. The second kappa shape index (κ2) is 8.25. The van der Waals surface area contributed by atoms with Gasteiger partial charge in [-0.05, 0) is 23.3 Å². The maximum absolute atomic E-state index is 13.0. The van der Waals surface area contributed by atoms with Crippen molar-refractivity contribution in [3.8, 4) is 0 Å². The third kappa shape index (κ3) is 4.76. The zero-order valence-electron chi connectivity index (χ0n) is 12.7. The molecule has 0 aromatic heterocycles. The second-order valence-corrected chi connectivity index (χ2v) is 5.27. The highest BCUT2D eigenvalue weighted by atomic mass is 19.1. The quantitative estimate of drug-likeness (QED) is 0.749. The molecular formula is C19H19FO3. The van der Waals surface area contributed by atoms with Gasteiger partial charge in [-0.2, -0.15) is 0 Å². The molecule has 0 fully saturated rings. The first kappa shape index (κ1) is 16.9. The van der Waals surface area contributed by atoms with Gasteiger partial charge >= 0.3 is 5.97 Å². The van der Waals surface area contributed by atoms with Gasteiger partial charge < -0.3 is 9.84 Å². The van der Waals surface area contributed by atoms with Gasteiger partial charge in [0, 0.05) is 5.92 Å². The van der Waals surface area contributed by atoms with Gasteiger partial charge in [0.15, 0.2) is 0 Å². The SMILES string of the molecule is C=C[C@@H](COCc1ccccc1)[C@H](C(=O)O)c1ccc(F)cc1. The number of carbonyl (C=O) groups is 1. The molecule has 0 aliphatic rings. The summed E-state index contributed by atoms with van der Waals surface area (Å²) < 4.78 is 18.7. The Bertz CT molecular complexity index is 637. The number of hydrogen-bond acceptors (Lipinski definition) is 2. The highest BCUT2D eigenvalue weighted by Gasteiger charge is 2.28. The second-order valence-electron chi connectivity index (χ2n) is 5.27. The van der Waals surface area contributed by atoms with E-state index in [1.807, 2.05) is 30.3 Å². The van der Waals surface area contributed by atoms with Crippen LogP contribution in [0.4, 0.5) is 4.39 Å². The first-order valence-electron chi connectivity index (χ1n) is 7.34. The average molecular weight is 314 g/mol. The summed E-state index contributed by atoms with van der Waals surface area (Å²) in [5, 5.41) is 9.52. The van der Waals surface area contributed by atoms with Gasteiger partial charge in [0.25, 0.3) is 0 Å². The predicted octanol–water partition coefficient (Wildman–Crippen LogP) is 4.01. The van der Waals surface area contributed by atoms with Crippen molar-refractivity contribution in [2.24, 2.45) is 5.92 Å². The molecule has 0 spiro atoms. The highest BCUT2D eigenvalue weighted by molar-refractivity contribution is 5.76. The summed E-state index contributed by atoms with van der Waals surface area (Å²) in [6, 6.07) is 15.1. The number of aliphatic carboxylic acids is 1. The van der Waals surface area contributed by atoms with Crippen LogP contribution in [0.2, 0.25) is 0 Å². The average Bonchev–Trinajstić information content (AvgIpc) is 2.56. The van der Waals surface area contributed by atoms with Crippen LogP contribution in [0, 0.1) is 11.7 Å². The Morgan fingerprint density at radius 2 is 1.83 bits per heavy atom. The monoisotopic (exact) mass is 314 g/mol. The predicted molar refractivity (Wildman–Crippen MR) is 86.6 cm³/mol. The topological polar surface area (TPSA) is 46.5 Å². The zero-order valence-corrected chi connectivity index (χ0v) is 12.7. The summed E-state index contributed by atoms with van der Waals surface area (Å²) in [6.07, 6.45) is 1.58. The molecule has 2 rings (SSSR count). The van der Waals surface area contributed by atoms with Crippen LogP contribution in [0.1, 0.15) is 17.0 Å². The minimum absolute atomic E-state index is 0.229. The Morgan fingerprint density at radius 1 is 1.17 bits per heavy atom. The number of carboxylic acids is 1. The molecule has 0 saturated carbocycles. The van der Waals surface area contributed by atoms with Crippen molar-refractivity contribution in [3.63, 3.8) is 0 Å². The van der Waals surface area contributed by atoms with E-state index in [4.69, 9.17) is 4.74 Å². The summed E-state index contributed by atoms with van der Waals surface area (Å²) in [4.78, 5) is 11.6. The molecule has 2 aromatic rings. The van der Waals surface area contributed by atoms with Crippen LogP contribution in [-0.2, 0) is 16.1 Å². The van der Waals surface area contributed by atoms with Gasteiger partial charge in [-0.1, -0.05) is 48.5 Å². The lowest BCUT2D eigenvalue weighted by Gasteiger charge is -2.21. The highest BCUT2D eigenvalue weighted by Crippen LogP contribution is 2.27. The maximum atomic E-state index is 13.0. The van der Waals surface area contributed by atoms with Gasteiger partial charge in [0.05, 0.1) is 19.1 Å². The van der Waals surface area contributed by atoms with Crippen LogP contribution < -0.4 is 0 Å². The fourth-order valence-electron chi connectivity index (χ4n) is 2.43. The number of halogens is 1.